The van der Waals surface area contributed by atoms with Crippen LogP contribution in [0, 0.1) is 6.92 Å². The van der Waals surface area contributed by atoms with Crippen LogP contribution in [-0.4, -0.2) is 29.1 Å². The van der Waals surface area contributed by atoms with Crippen molar-refractivity contribution in [3.05, 3.63) is 29.8 Å². The number of urea groups is 1. The second-order valence-electron chi connectivity index (χ2n) is 3.97. The van der Waals surface area contributed by atoms with Gasteiger partial charge in [-0.1, -0.05) is 18.2 Å². The number of primary amides is 1. The fraction of sp³-hybridized carbons (Fsp3) is 0.250. The van der Waals surface area contributed by atoms with Gasteiger partial charge in [0.1, 0.15) is 6.04 Å². The van der Waals surface area contributed by atoms with Crippen molar-refractivity contribution in [2.45, 2.75) is 19.4 Å². The molecular weight excluding hydrogens is 250 g/mol. The molecule has 0 saturated heterocycles. The minimum atomic E-state index is -1.35. The van der Waals surface area contributed by atoms with Crippen molar-refractivity contribution in [3.63, 3.8) is 0 Å². The highest BCUT2D eigenvalue weighted by atomic mass is 16.4. The molecule has 0 saturated carbocycles. The summed E-state index contributed by atoms with van der Waals surface area (Å²) >= 11 is 0. The smallest absolute Gasteiger partial charge is 0.326 e. The van der Waals surface area contributed by atoms with E-state index in [1.165, 1.54) is 0 Å². The van der Waals surface area contributed by atoms with Crippen molar-refractivity contribution in [1.29, 1.82) is 0 Å². The first-order chi connectivity index (χ1) is 8.90. The quantitative estimate of drug-likeness (QED) is 0.617. The van der Waals surface area contributed by atoms with Crippen molar-refractivity contribution >= 4 is 23.6 Å². The van der Waals surface area contributed by atoms with E-state index in [9.17, 15) is 14.4 Å². The van der Waals surface area contributed by atoms with E-state index in [0.717, 1.165) is 5.56 Å². The van der Waals surface area contributed by atoms with Gasteiger partial charge in [-0.25, -0.2) is 9.59 Å². The van der Waals surface area contributed by atoms with E-state index in [4.69, 9.17) is 10.8 Å². The van der Waals surface area contributed by atoms with E-state index in [0.29, 0.717) is 5.69 Å². The number of anilines is 1. The largest absolute Gasteiger partial charge is 0.480 e. The highest BCUT2D eigenvalue weighted by molar-refractivity contribution is 5.94. The second-order valence-corrected chi connectivity index (χ2v) is 3.97. The monoisotopic (exact) mass is 265 g/mol. The van der Waals surface area contributed by atoms with Crippen LogP contribution in [0.5, 0.6) is 0 Å². The number of hydrogen-bond donors (Lipinski definition) is 4. The first-order valence-corrected chi connectivity index (χ1v) is 5.54. The number of carbonyl (C=O) groups is 3. The third kappa shape index (κ3) is 4.66. The molecule has 0 aliphatic rings. The Balaban J connectivity index is 2.65. The lowest BCUT2D eigenvalue weighted by Gasteiger charge is -2.14. The number of benzene rings is 1. The number of carbonyl (C=O) groups excluding carboxylic acids is 2. The summed E-state index contributed by atoms with van der Waals surface area (Å²) in [6.45, 7) is 1.80. The fourth-order valence-electron chi connectivity index (χ4n) is 1.43. The van der Waals surface area contributed by atoms with E-state index in [2.05, 4.69) is 10.6 Å². The zero-order valence-corrected chi connectivity index (χ0v) is 10.3. The van der Waals surface area contributed by atoms with Crippen LogP contribution in [0.4, 0.5) is 10.5 Å². The number of amides is 3. The summed E-state index contributed by atoms with van der Waals surface area (Å²) in [4.78, 5) is 33.2. The zero-order chi connectivity index (χ0) is 14.4. The van der Waals surface area contributed by atoms with Crippen LogP contribution in [-0.2, 0) is 9.59 Å². The van der Waals surface area contributed by atoms with Gasteiger partial charge in [-0.05, 0) is 18.6 Å². The average Bonchev–Trinajstić information content (AvgIpc) is 2.30. The van der Waals surface area contributed by atoms with Crippen LogP contribution in [0.1, 0.15) is 12.0 Å². The lowest BCUT2D eigenvalue weighted by Crippen LogP contribution is -2.45. The van der Waals surface area contributed by atoms with Crippen LogP contribution in [0.3, 0.4) is 0 Å². The van der Waals surface area contributed by atoms with Gasteiger partial charge in [-0.2, -0.15) is 0 Å². The number of nitrogens with two attached hydrogens (primary N) is 1. The molecule has 1 atom stereocenters. The highest BCUT2D eigenvalue weighted by Crippen LogP contribution is 2.12. The predicted octanol–water partition coefficient (Wildman–Crippen LogP) is 0.445. The van der Waals surface area contributed by atoms with Gasteiger partial charge in [0.15, 0.2) is 0 Å². The summed E-state index contributed by atoms with van der Waals surface area (Å²) in [5.41, 5.74) is 6.30. The second kappa shape index (κ2) is 6.39. The van der Waals surface area contributed by atoms with E-state index in [1.54, 1.807) is 25.1 Å². The Bertz CT molecular complexity index is 502. The topological polar surface area (TPSA) is 122 Å². The molecule has 0 aromatic heterocycles. The summed E-state index contributed by atoms with van der Waals surface area (Å²) in [5.74, 6) is -2.12. The molecule has 102 valence electrons. The minimum absolute atomic E-state index is 0.462. The van der Waals surface area contributed by atoms with Gasteiger partial charge < -0.3 is 21.5 Å². The molecule has 1 rings (SSSR count). The Morgan fingerprint density at radius 2 is 1.95 bits per heavy atom. The minimum Gasteiger partial charge on any atom is -0.480 e. The van der Waals surface area contributed by atoms with Crippen LogP contribution < -0.4 is 16.4 Å². The molecule has 0 spiro atoms. The summed E-state index contributed by atoms with van der Waals surface area (Å²) < 4.78 is 0. The molecule has 7 nitrogen and oxygen atoms in total. The van der Waals surface area contributed by atoms with Crippen molar-refractivity contribution in [2.24, 2.45) is 5.73 Å². The van der Waals surface area contributed by atoms with Gasteiger partial charge in [0.05, 0.1) is 6.42 Å². The van der Waals surface area contributed by atoms with Crippen molar-refractivity contribution < 1.29 is 19.5 Å². The summed E-state index contributed by atoms with van der Waals surface area (Å²) in [7, 11) is 0. The Hall–Kier alpha value is -2.57. The molecule has 7 heteroatoms. The first kappa shape index (κ1) is 14.5. The maximum atomic E-state index is 11.6. The molecule has 0 radical (unpaired) electrons. The molecule has 0 fully saturated rings. The number of rotatable bonds is 5. The van der Waals surface area contributed by atoms with Gasteiger partial charge in [0.2, 0.25) is 5.91 Å². The Morgan fingerprint density at radius 3 is 2.47 bits per heavy atom. The lowest BCUT2D eigenvalue weighted by molar-refractivity contribution is -0.140. The van der Waals surface area contributed by atoms with Gasteiger partial charge in [0.25, 0.3) is 0 Å². The third-order valence-electron chi connectivity index (χ3n) is 2.40. The molecule has 0 bridgehead atoms. The number of carboxylic acid groups (broad SMARTS) is 1. The van der Waals surface area contributed by atoms with Gasteiger partial charge in [-0.15, -0.1) is 0 Å². The number of nitrogens with one attached hydrogen (secondary N) is 2. The maximum absolute atomic E-state index is 11.6. The number of aryl methyl sites for hydroxylation is 1. The Kier molecular flexibility index (Phi) is 4.87. The summed E-state index contributed by atoms with van der Waals surface area (Å²) in [6.07, 6.45) is -0.462. The van der Waals surface area contributed by atoms with E-state index < -0.39 is 30.4 Å². The highest BCUT2D eigenvalue weighted by Gasteiger charge is 2.22. The molecular formula is C12H15N3O4. The zero-order valence-electron chi connectivity index (χ0n) is 10.3. The molecule has 0 aliphatic carbocycles. The molecule has 19 heavy (non-hydrogen) atoms. The van der Waals surface area contributed by atoms with E-state index >= 15 is 0 Å². The first-order valence-electron chi connectivity index (χ1n) is 5.54. The van der Waals surface area contributed by atoms with Crippen LogP contribution in [0.2, 0.25) is 0 Å². The fourth-order valence-corrected chi connectivity index (χ4v) is 1.43. The number of aliphatic carboxylic acids is 1. The molecule has 0 unspecified atom stereocenters. The van der Waals surface area contributed by atoms with Crippen molar-refractivity contribution in [1.82, 2.24) is 5.32 Å². The molecule has 1 aromatic carbocycles. The van der Waals surface area contributed by atoms with Gasteiger partial charge >= 0.3 is 12.0 Å². The molecule has 5 N–H and O–H groups in total. The Morgan fingerprint density at radius 1 is 1.32 bits per heavy atom. The third-order valence-corrected chi connectivity index (χ3v) is 2.40. The molecule has 3 amide bonds. The standard InChI is InChI=1S/C12H15N3O4/c1-7-4-2-3-5-8(7)14-12(19)15-9(11(17)18)6-10(13)16/h2-5,9H,6H2,1H3,(H2,13,16)(H,17,18)(H2,14,15,19)/t9-/m1/s1. The number of para-hydroxylation sites is 1. The average molecular weight is 265 g/mol. The van der Waals surface area contributed by atoms with Crippen LogP contribution >= 0.6 is 0 Å². The SMILES string of the molecule is Cc1ccccc1NC(=O)N[C@H](CC(N)=O)C(=O)O. The van der Waals surface area contributed by atoms with E-state index in [1.807, 2.05) is 6.07 Å². The van der Waals surface area contributed by atoms with Gasteiger partial charge in [-0.3, -0.25) is 4.79 Å². The normalized spacial score (nSPS) is 11.4. The lowest BCUT2D eigenvalue weighted by atomic mass is 10.2. The summed E-state index contributed by atoms with van der Waals surface area (Å²) in [6, 6.07) is 4.98. The molecule has 0 aliphatic heterocycles. The van der Waals surface area contributed by atoms with Crippen LogP contribution in [0.25, 0.3) is 0 Å². The predicted molar refractivity (Wildman–Crippen MR) is 68.6 cm³/mol. The maximum Gasteiger partial charge on any atom is 0.326 e. The Labute approximate surface area is 109 Å². The number of hydrogen-bond acceptors (Lipinski definition) is 3. The number of carboxylic acids is 1. The molecule has 1 aromatic rings. The van der Waals surface area contributed by atoms with E-state index in [-0.39, 0.29) is 0 Å². The van der Waals surface area contributed by atoms with Crippen molar-refractivity contribution in [2.75, 3.05) is 5.32 Å². The molecule has 0 heterocycles. The van der Waals surface area contributed by atoms with Gasteiger partial charge in [0, 0.05) is 5.69 Å². The summed E-state index contributed by atoms with van der Waals surface area (Å²) in [5, 5.41) is 13.5. The van der Waals surface area contributed by atoms with Crippen molar-refractivity contribution in [3.8, 4) is 0 Å². The van der Waals surface area contributed by atoms with Crippen LogP contribution in [0.15, 0.2) is 24.3 Å².